The lowest BCUT2D eigenvalue weighted by Crippen LogP contribution is -2.19. The van der Waals surface area contributed by atoms with Crippen molar-refractivity contribution >= 4 is 0 Å². The van der Waals surface area contributed by atoms with Gasteiger partial charge in [0.15, 0.2) is 0 Å². The third-order valence-corrected chi connectivity index (χ3v) is 3.44. The zero-order chi connectivity index (χ0) is 13.1. The first kappa shape index (κ1) is 12.9. The second kappa shape index (κ2) is 5.40. The van der Waals surface area contributed by atoms with Crippen molar-refractivity contribution in [1.82, 2.24) is 5.32 Å². The van der Waals surface area contributed by atoms with Crippen LogP contribution in [0.3, 0.4) is 0 Å². The van der Waals surface area contributed by atoms with Crippen LogP contribution in [-0.2, 0) is 6.42 Å². The lowest BCUT2D eigenvalue weighted by atomic mass is 9.93. The van der Waals surface area contributed by atoms with Gasteiger partial charge in [-0.2, -0.15) is 0 Å². The Morgan fingerprint density at radius 3 is 2.56 bits per heavy atom. The van der Waals surface area contributed by atoms with Gasteiger partial charge in [-0.3, -0.25) is 0 Å². The smallest absolute Gasteiger partial charge is 0.108 e. The molecule has 2 nitrogen and oxygen atoms in total. The van der Waals surface area contributed by atoms with Crippen molar-refractivity contribution in [3.05, 3.63) is 58.5 Å². The molecule has 0 saturated carbocycles. The third kappa shape index (κ3) is 2.34. The molecular weight excluding hydrogens is 222 g/mol. The molecule has 0 fully saturated rings. The number of rotatable bonds is 4. The monoisotopic (exact) mass is 243 g/mol. The molecule has 0 aliphatic rings. The highest BCUT2D eigenvalue weighted by molar-refractivity contribution is 5.39. The maximum atomic E-state index is 5.54. The van der Waals surface area contributed by atoms with Crippen LogP contribution in [0.15, 0.2) is 34.9 Å². The van der Waals surface area contributed by atoms with E-state index in [0.717, 1.165) is 12.2 Å². The second-order valence-corrected chi connectivity index (χ2v) is 4.73. The first-order chi connectivity index (χ1) is 8.67. The molecule has 2 rings (SSSR count). The highest BCUT2D eigenvalue weighted by Crippen LogP contribution is 2.28. The van der Waals surface area contributed by atoms with Gasteiger partial charge < -0.3 is 9.73 Å². The third-order valence-electron chi connectivity index (χ3n) is 3.44. The summed E-state index contributed by atoms with van der Waals surface area (Å²) in [6.07, 6.45) is 2.70. The number of hydrogen-bond donors (Lipinski definition) is 1. The molecule has 0 aliphatic heterocycles. The standard InChI is InChI=1S/C16H21NO/c1-5-15-14(8-9-18-15)16(17-4)13-7-6-11(2)10-12(13)3/h6-10,16-17H,5H2,1-4H3. The van der Waals surface area contributed by atoms with E-state index >= 15 is 0 Å². The normalized spacial score (nSPS) is 12.7. The molecule has 2 aromatic rings. The van der Waals surface area contributed by atoms with Gasteiger partial charge >= 0.3 is 0 Å². The van der Waals surface area contributed by atoms with Crippen molar-refractivity contribution in [2.24, 2.45) is 0 Å². The Hall–Kier alpha value is -1.54. The molecule has 0 radical (unpaired) electrons. The molecular formula is C16H21NO. The summed E-state index contributed by atoms with van der Waals surface area (Å²) < 4.78 is 5.54. The second-order valence-electron chi connectivity index (χ2n) is 4.73. The Kier molecular flexibility index (Phi) is 3.87. The van der Waals surface area contributed by atoms with Crippen molar-refractivity contribution in [1.29, 1.82) is 0 Å². The van der Waals surface area contributed by atoms with Gasteiger partial charge in [0.2, 0.25) is 0 Å². The quantitative estimate of drug-likeness (QED) is 0.884. The van der Waals surface area contributed by atoms with Gasteiger partial charge in [0.05, 0.1) is 12.3 Å². The molecule has 0 spiro atoms. The average molecular weight is 243 g/mol. The van der Waals surface area contributed by atoms with E-state index in [1.807, 2.05) is 7.05 Å². The number of benzene rings is 1. The van der Waals surface area contributed by atoms with Crippen LogP contribution in [0.1, 0.15) is 41.0 Å². The highest BCUT2D eigenvalue weighted by atomic mass is 16.3. The summed E-state index contributed by atoms with van der Waals surface area (Å²) in [6.45, 7) is 6.41. The van der Waals surface area contributed by atoms with Crippen molar-refractivity contribution in [2.75, 3.05) is 7.05 Å². The highest BCUT2D eigenvalue weighted by Gasteiger charge is 2.18. The largest absolute Gasteiger partial charge is 0.469 e. The van der Waals surface area contributed by atoms with Gasteiger partial charge in [-0.25, -0.2) is 0 Å². The Morgan fingerprint density at radius 2 is 1.94 bits per heavy atom. The summed E-state index contributed by atoms with van der Waals surface area (Å²) in [6, 6.07) is 8.88. The molecule has 1 atom stereocenters. The summed E-state index contributed by atoms with van der Waals surface area (Å²) in [5.74, 6) is 1.06. The minimum absolute atomic E-state index is 0.208. The van der Waals surface area contributed by atoms with Gasteiger partial charge in [-0.15, -0.1) is 0 Å². The van der Waals surface area contributed by atoms with Crippen molar-refractivity contribution in [3.8, 4) is 0 Å². The van der Waals surface area contributed by atoms with Gasteiger partial charge in [0, 0.05) is 12.0 Å². The van der Waals surface area contributed by atoms with Crippen molar-refractivity contribution in [3.63, 3.8) is 0 Å². The van der Waals surface area contributed by atoms with Gasteiger partial charge in [0.25, 0.3) is 0 Å². The van der Waals surface area contributed by atoms with E-state index in [-0.39, 0.29) is 6.04 Å². The Bertz CT molecular complexity index is 528. The minimum Gasteiger partial charge on any atom is -0.469 e. The van der Waals surface area contributed by atoms with E-state index in [4.69, 9.17) is 4.42 Å². The van der Waals surface area contributed by atoms with Crippen LogP contribution < -0.4 is 5.32 Å². The maximum Gasteiger partial charge on any atom is 0.108 e. The molecule has 1 aromatic carbocycles. The molecule has 96 valence electrons. The van der Waals surface area contributed by atoms with Crippen LogP contribution in [0.5, 0.6) is 0 Å². The zero-order valence-corrected chi connectivity index (χ0v) is 11.6. The Balaban J connectivity index is 2.45. The van der Waals surface area contributed by atoms with Gasteiger partial charge in [-0.1, -0.05) is 30.7 Å². The summed E-state index contributed by atoms with van der Waals surface area (Å²) in [5.41, 5.74) is 5.18. The van der Waals surface area contributed by atoms with Crippen molar-refractivity contribution < 1.29 is 4.42 Å². The molecule has 1 aromatic heterocycles. The fourth-order valence-electron chi connectivity index (χ4n) is 2.52. The summed E-state index contributed by atoms with van der Waals surface area (Å²) >= 11 is 0. The molecule has 1 heterocycles. The van der Waals surface area contributed by atoms with Crippen molar-refractivity contribution in [2.45, 2.75) is 33.2 Å². The zero-order valence-electron chi connectivity index (χ0n) is 11.6. The predicted molar refractivity (Wildman–Crippen MR) is 74.9 cm³/mol. The fraction of sp³-hybridized carbons (Fsp3) is 0.375. The van der Waals surface area contributed by atoms with Crippen LogP contribution in [0.25, 0.3) is 0 Å². The summed E-state index contributed by atoms with van der Waals surface area (Å²) in [4.78, 5) is 0. The van der Waals surface area contributed by atoms with E-state index in [0.29, 0.717) is 0 Å². The Labute approximate surface area is 109 Å². The fourth-order valence-corrected chi connectivity index (χ4v) is 2.52. The molecule has 1 unspecified atom stereocenters. The minimum atomic E-state index is 0.208. The maximum absolute atomic E-state index is 5.54. The van der Waals surface area contributed by atoms with E-state index < -0.39 is 0 Å². The molecule has 18 heavy (non-hydrogen) atoms. The average Bonchev–Trinajstić information content (AvgIpc) is 2.81. The predicted octanol–water partition coefficient (Wildman–Crippen LogP) is 3.77. The van der Waals surface area contributed by atoms with Crippen LogP contribution in [0, 0.1) is 13.8 Å². The number of hydrogen-bond acceptors (Lipinski definition) is 2. The van der Waals surface area contributed by atoms with Crippen LogP contribution in [-0.4, -0.2) is 7.05 Å². The molecule has 0 bridgehead atoms. The summed E-state index contributed by atoms with van der Waals surface area (Å²) in [5, 5.41) is 3.40. The lowest BCUT2D eigenvalue weighted by Gasteiger charge is -2.19. The van der Waals surface area contributed by atoms with E-state index in [1.54, 1.807) is 6.26 Å². The molecule has 2 heteroatoms. The van der Waals surface area contributed by atoms with Crippen LogP contribution in [0.2, 0.25) is 0 Å². The van der Waals surface area contributed by atoms with Gasteiger partial charge in [0.1, 0.15) is 5.76 Å². The van der Waals surface area contributed by atoms with Crippen LogP contribution >= 0.6 is 0 Å². The van der Waals surface area contributed by atoms with E-state index in [2.05, 4.69) is 50.4 Å². The molecule has 0 saturated heterocycles. The first-order valence-corrected chi connectivity index (χ1v) is 6.48. The van der Waals surface area contributed by atoms with E-state index in [9.17, 15) is 0 Å². The number of nitrogens with one attached hydrogen (secondary N) is 1. The Morgan fingerprint density at radius 1 is 1.17 bits per heavy atom. The first-order valence-electron chi connectivity index (χ1n) is 6.48. The lowest BCUT2D eigenvalue weighted by molar-refractivity contribution is 0.504. The van der Waals surface area contributed by atoms with Crippen LogP contribution in [0.4, 0.5) is 0 Å². The number of furan rings is 1. The molecule has 0 aliphatic carbocycles. The topological polar surface area (TPSA) is 25.2 Å². The molecule has 1 N–H and O–H groups in total. The SMILES string of the molecule is CCc1occc1C(NC)c1ccc(C)cc1C. The summed E-state index contributed by atoms with van der Waals surface area (Å²) in [7, 11) is 2.00. The van der Waals surface area contributed by atoms with E-state index in [1.165, 1.54) is 22.3 Å². The van der Waals surface area contributed by atoms with Gasteiger partial charge in [-0.05, 0) is 38.1 Å². The number of aryl methyl sites for hydroxylation is 3. The molecule has 0 amide bonds.